The van der Waals surface area contributed by atoms with Crippen molar-refractivity contribution in [3.05, 3.63) is 29.8 Å². The molecule has 0 aliphatic rings. The fourth-order valence-electron chi connectivity index (χ4n) is 3.02. The minimum Gasteiger partial charge on any atom is -0.497 e. The monoisotopic (exact) mass is 291 g/mol. The maximum Gasteiger partial charge on any atom is 0.118 e. The minimum atomic E-state index is 0.397. The smallest absolute Gasteiger partial charge is 0.118 e. The van der Waals surface area contributed by atoms with Gasteiger partial charge in [0.2, 0.25) is 0 Å². The zero-order chi connectivity index (χ0) is 15.9. The van der Waals surface area contributed by atoms with Crippen molar-refractivity contribution in [2.24, 2.45) is 11.3 Å². The highest BCUT2D eigenvalue weighted by atomic mass is 16.5. The predicted molar refractivity (Wildman–Crippen MR) is 91.9 cm³/mol. The highest BCUT2D eigenvalue weighted by Gasteiger charge is 2.20. The van der Waals surface area contributed by atoms with Crippen molar-refractivity contribution in [2.45, 2.75) is 59.9 Å². The molecule has 0 aliphatic carbocycles. The number of benzene rings is 1. The molecule has 2 atom stereocenters. The second-order valence-corrected chi connectivity index (χ2v) is 7.39. The van der Waals surface area contributed by atoms with Crippen LogP contribution in [0.4, 0.5) is 0 Å². The lowest BCUT2D eigenvalue weighted by atomic mass is 9.82. The molecule has 0 heterocycles. The van der Waals surface area contributed by atoms with E-state index in [9.17, 15) is 0 Å². The van der Waals surface area contributed by atoms with Crippen molar-refractivity contribution in [1.82, 2.24) is 5.32 Å². The molecule has 1 rings (SSSR count). The van der Waals surface area contributed by atoms with Crippen molar-refractivity contribution in [2.75, 3.05) is 13.7 Å². The Labute approximate surface area is 131 Å². The van der Waals surface area contributed by atoms with Gasteiger partial charge in [-0.2, -0.15) is 0 Å². The van der Waals surface area contributed by atoms with E-state index in [0.29, 0.717) is 17.4 Å². The molecule has 0 aliphatic heterocycles. The quantitative estimate of drug-likeness (QED) is 0.711. The second kappa shape index (κ2) is 8.43. The summed E-state index contributed by atoms with van der Waals surface area (Å²) in [5.74, 6) is 1.64. The molecule has 1 aromatic carbocycles. The van der Waals surface area contributed by atoms with Crippen LogP contribution < -0.4 is 10.1 Å². The first kappa shape index (κ1) is 18.0. The van der Waals surface area contributed by atoms with Crippen molar-refractivity contribution < 1.29 is 4.74 Å². The van der Waals surface area contributed by atoms with Crippen LogP contribution in [0, 0.1) is 11.3 Å². The Morgan fingerprint density at radius 1 is 1.14 bits per heavy atom. The SMILES string of the molecule is CCCNC(CC(C)CC(C)(C)C)c1ccc(OC)cc1. The van der Waals surface area contributed by atoms with Crippen LogP contribution in [0.15, 0.2) is 24.3 Å². The lowest BCUT2D eigenvalue weighted by Crippen LogP contribution is -2.25. The Kier molecular flexibility index (Phi) is 7.24. The number of hydrogen-bond donors (Lipinski definition) is 1. The van der Waals surface area contributed by atoms with Crippen LogP contribution in [-0.4, -0.2) is 13.7 Å². The maximum atomic E-state index is 5.26. The van der Waals surface area contributed by atoms with Crippen LogP contribution in [0.2, 0.25) is 0 Å². The molecule has 1 N–H and O–H groups in total. The van der Waals surface area contributed by atoms with E-state index in [1.54, 1.807) is 7.11 Å². The van der Waals surface area contributed by atoms with Crippen molar-refractivity contribution in [3.63, 3.8) is 0 Å². The molecule has 0 bridgehead atoms. The molecule has 0 aromatic heterocycles. The Morgan fingerprint density at radius 2 is 1.76 bits per heavy atom. The van der Waals surface area contributed by atoms with E-state index in [1.165, 1.54) is 24.8 Å². The van der Waals surface area contributed by atoms with Gasteiger partial charge >= 0.3 is 0 Å². The molecule has 2 nitrogen and oxygen atoms in total. The van der Waals surface area contributed by atoms with Gasteiger partial charge in [-0.05, 0) is 54.8 Å². The van der Waals surface area contributed by atoms with Gasteiger partial charge in [0.05, 0.1) is 7.11 Å². The Bertz CT molecular complexity index is 391. The first-order valence-corrected chi connectivity index (χ1v) is 8.23. The van der Waals surface area contributed by atoms with Gasteiger partial charge in [-0.15, -0.1) is 0 Å². The van der Waals surface area contributed by atoms with Crippen LogP contribution in [0.1, 0.15) is 65.5 Å². The summed E-state index contributed by atoms with van der Waals surface area (Å²) in [7, 11) is 1.72. The Hall–Kier alpha value is -1.02. The molecule has 0 saturated heterocycles. The molecule has 0 fully saturated rings. The van der Waals surface area contributed by atoms with Crippen LogP contribution in [-0.2, 0) is 0 Å². The average Bonchev–Trinajstić information content (AvgIpc) is 2.41. The average molecular weight is 291 g/mol. The molecule has 2 heteroatoms. The molecule has 0 amide bonds. The summed E-state index contributed by atoms with van der Waals surface area (Å²) in [6, 6.07) is 8.94. The molecule has 0 radical (unpaired) electrons. The van der Waals surface area contributed by atoms with E-state index < -0.39 is 0 Å². The summed E-state index contributed by atoms with van der Waals surface area (Å²) in [6.45, 7) is 12.6. The first-order valence-electron chi connectivity index (χ1n) is 8.23. The molecule has 2 unspecified atom stereocenters. The van der Waals surface area contributed by atoms with E-state index in [2.05, 4.69) is 64.2 Å². The van der Waals surface area contributed by atoms with E-state index in [1.807, 2.05) is 0 Å². The van der Waals surface area contributed by atoms with Gasteiger partial charge in [-0.1, -0.05) is 46.8 Å². The molecular weight excluding hydrogens is 258 g/mol. The summed E-state index contributed by atoms with van der Waals surface area (Å²) in [6.07, 6.45) is 3.61. The number of ether oxygens (including phenoxy) is 1. The Morgan fingerprint density at radius 3 is 2.24 bits per heavy atom. The molecule has 21 heavy (non-hydrogen) atoms. The van der Waals surface area contributed by atoms with E-state index >= 15 is 0 Å². The number of rotatable bonds is 8. The largest absolute Gasteiger partial charge is 0.497 e. The van der Waals surface area contributed by atoms with Crippen molar-refractivity contribution in [1.29, 1.82) is 0 Å². The number of methoxy groups -OCH3 is 1. The third-order valence-corrected chi connectivity index (χ3v) is 3.76. The van der Waals surface area contributed by atoms with Gasteiger partial charge in [-0.25, -0.2) is 0 Å². The van der Waals surface area contributed by atoms with E-state index in [0.717, 1.165) is 12.3 Å². The molecule has 1 aromatic rings. The standard InChI is InChI=1S/C19H33NO/c1-7-12-20-18(13-15(2)14-19(3,4)5)16-8-10-17(21-6)11-9-16/h8-11,15,18,20H,7,12-14H2,1-6H3. The molecule has 120 valence electrons. The van der Waals surface area contributed by atoms with Gasteiger partial charge < -0.3 is 10.1 Å². The van der Waals surface area contributed by atoms with Crippen LogP contribution in [0.5, 0.6) is 5.75 Å². The second-order valence-electron chi connectivity index (χ2n) is 7.39. The molecule has 0 spiro atoms. The Balaban J connectivity index is 2.74. The topological polar surface area (TPSA) is 21.3 Å². The van der Waals surface area contributed by atoms with Crippen molar-refractivity contribution >= 4 is 0 Å². The lowest BCUT2D eigenvalue weighted by molar-refractivity contribution is 0.275. The summed E-state index contributed by atoms with van der Waals surface area (Å²) < 4.78 is 5.26. The summed E-state index contributed by atoms with van der Waals surface area (Å²) >= 11 is 0. The predicted octanol–water partition coefficient (Wildman–Crippen LogP) is 5.20. The summed E-state index contributed by atoms with van der Waals surface area (Å²) in [5, 5.41) is 3.70. The summed E-state index contributed by atoms with van der Waals surface area (Å²) in [5.41, 5.74) is 1.76. The van der Waals surface area contributed by atoms with E-state index in [4.69, 9.17) is 4.74 Å². The van der Waals surface area contributed by atoms with Crippen LogP contribution in [0.3, 0.4) is 0 Å². The fourth-order valence-corrected chi connectivity index (χ4v) is 3.02. The zero-order valence-electron chi connectivity index (χ0n) is 14.7. The normalized spacial score (nSPS) is 14.8. The summed E-state index contributed by atoms with van der Waals surface area (Å²) in [4.78, 5) is 0. The third kappa shape index (κ3) is 6.99. The number of nitrogens with one attached hydrogen (secondary N) is 1. The van der Waals surface area contributed by atoms with Gasteiger partial charge in [0.15, 0.2) is 0 Å². The zero-order valence-corrected chi connectivity index (χ0v) is 14.7. The van der Waals surface area contributed by atoms with Crippen molar-refractivity contribution in [3.8, 4) is 5.75 Å². The molecular formula is C19H33NO. The van der Waals surface area contributed by atoms with Gasteiger partial charge in [-0.3, -0.25) is 0 Å². The van der Waals surface area contributed by atoms with Crippen LogP contribution >= 0.6 is 0 Å². The van der Waals surface area contributed by atoms with Gasteiger partial charge in [0.25, 0.3) is 0 Å². The number of hydrogen-bond acceptors (Lipinski definition) is 2. The highest BCUT2D eigenvalue weighted by Crippen LogP contribution is 2.31. The van der Waals surface area contributed by atoms with Gasteiger partial charge in [0, 0.05) is 6.04 Å². The van der Waals surface area contributed by atoms with Crippen LogP contribution in [0.25, 0.3) is 0 Å². The third-order valence-electron chi connectivity index (χ3n) is 3.76. The highest BCUT2D eigenvalue weighted by molar-refractivity contribution is 5.29. The fraction of sp³-hybridized carbons (Fsp3) is 0.684. The lowest BCUT2D eigenvalue weighted by Gasteiger charge is -2.27. The molecule has 0 saturated carbocycles. The minimum absolute atomic E-state index is 0.397. The van der Waals surface area contributed by atoms with E-state index in [-0.39, 0.29) is 0 Å². The van der Waals surface area contributed by atoms with Gasteiger partial charge in [0.1, 0.15) is 5.75 Å². The first-order chi connectivity index (χ1) is 9.85. The maximum absolute atomic E-state index is 5.26.